The van der Waals surface area contributed by atoms with Crippen molar-refractivity contribution in [2.75, 3.05) is 7.11 Å². The van der Waals surface area contributed by atoms with E-state index in [2.05, 4.69) is 13.5 Å². The molecule has 19 heavy (non-hydrogen) atoms. The van der Waals surface area contributed by atoms with Gasteiger partial charge in [0.15, 0.2) is 6.29 Å². The summed E-state index contributed by atoms with van der Waals surface area (Å²) in [5.74, 6) is 2.72. The van der Waals surface area contributed by atoms with Crippen molar-refractivity contribution in [2.24, 2.45) is 23.7 Å². The summed E-state index contributed by atoms with van der Waals surface area (Å²) in [5.41, 5.74) is 1.47. The van der Waals surface area contributed by atoms with E-state index in [0.717, 1.165) is 11.8 Å². The Labute approximate surface area is 118 Å². The lowest BCUT2D eigenvalue weighted by Gasteiger charge is -2.44. The minimum atomic E-state index is 0.00891. The molecule has 3 fully saturated rings. The van der Waals surface area contributed by atoms with Crippen LogP contribution in [-0.2, 0) is 9.47 Å². The van der Waals surface area contributed by atoms with E-state index in [-0.39, 0.29) is 6.29 Å². The summed E-state index contributed by atoms with van der Waals surface area (Å²) in [6, 6.07) is 0. The van der Waals surface area contributed by atoms with E-state index in [1.807, 2.05) is 13.8 Å². The molecular formula is C17H30O2. The first kappa shape index (κ1) is 15.1. The molecule has 3 rings (SSSR count). The van der Waals surface area contributed by atoms with Crippen molar-refractivity contribution in [1.82, 2.24) is 0 Å². The van der Waals surface area contributed by atoms with Crippen LogP contribution in [0.25, 0.3) is 0 Å². The van der Waals surface area contributed by atoms with Crippen LogP contribution in [0.1, 0.15) is 52.9 Å². The molecule has 0 spiro atoms. The van der Waals surface area contributed by atoms with Gasteiger partial charge in [-0.3, -0.25) is 0 Å². The molecule has 0 bridgehead atoms. The predicted octanol–water partition coefficient (Wildman–Crippen LogP) is 4.40. The van der Waals surface area contributed by atoms with Crippen LogP contribution in [0.2, 0.25) is 0 Å². The Bertz CT molecular complexity index is 312. The highest BCUT2D eigenvalue weighted by Gasteiger charge is 2.50. The summed E-state index contributed by atoms with van der Waals surface area (Å²) in [6.45, 7) is 10.6. The molecule has 1 aliphatic heterocycles. The van der Waals surface area contributed by atoms with E-state index >= 15 is 0 Å². The summed E-state index contributed by atoms with van der Waals surface area (Å²) in [4.78, 5) is 0. The van der Waals surface area contributed by atoms with Crippen molar-refractivity contribution in [2.45, 2.75) is 65.3 Å². The molecule has 6 unspecified atom stereocenters. The second-order valence-corrected chi connectivity index (χ2v) is 6.10. The Morgan fingerprint density at radius 1 is 1.21 bits per heavy atom. The van der Waals surface area contributed by atoms with Crippen molar-refractivity contribution < 1.29 is 9.47 Å². The van der Waals surface area contributed by atoms with Gasteiger partial charge in [-0.25, -0.2) is 0 Å². The zero-order valence-electron chi connectivity index (χ0n) is 13.0. The first-order valence-electron chi connectivity index (χ1n) is 8.09. The molecule has 0 amide bonds. The Hall–Kier alpha value is -0.340. The van der Waals surface area contributed by atoms with Gasteiger partial charge in [0.05, 0.1) is 6.10 Å². The quantitative estimate of drug-likeness (QED) is 0.655. The summed E-state index contributed by atoms with van der Waals surface area (Å²) in [7, 11) is 1.77. The second-order valence-electron chi connectivity index (χ2n) is 6.10. The first-order chi connectivity index (χ1) is 9.22. The monoisotopic (exact) mass is 266 g/mol. The van der Waals surface area contributed by atoms with Crippen molar-refractivity contribution in [3.05, 3.63) is 12.2 Å². The molecule has 0 N–H and O–H groups in total. The molecule has 110 valence electrons. The summed E-state index contributed by atoms with van der Waals surface area (Å²) >= 11 is 0. The minimum absolute atomic E-state index is 0.00891. The van der Waals surface area contributed by atoms with Crippen LogP contribution in [-0.4, -0.2) is 19.5 Å². The number of fused-ring (bicyclic) bond motifs is 2. The van der Waals surface area contributed by atoms with Crippen LogP contribution in [0.3, 0.4) is 0 Å². The maximum absolute atomic E-state index is 5.95. The summed E-state index contributed by atoms with van der Waals surface area (Å²) in [6.07, 6.45) is 7.13. The smallest absolute Gasteiger partial charge is 0.161 e. The van der Waals surface area contributed by atoms with Gasteiger partial charge in [0, 0.05) is 18.9 Å². The average molecular weight is 266 g/mol. The number of methoxy groups -OCH3 is 1. The second kappa shape index (κ2) is 6.41. The molecule has 0 aromatic carbocycles. The van der Waals surface area contributed by atoms with Gasteiger partial charge in [-0.2, -0.15) is 0 Å². The van der Waals surface area contributed by atoms with Gasteiger partial charge >= 0.3 is 0 Å². The van der Waals surface area contributed by atoms with Gasteiger partial charge in [0.25, 0.3) is 0 Å². The fourth-order valence-corrected chi connectivity index (χ4v) is 4.55. The lowest BCUT2D eigenvalue weighted by Crippen LogP contribution is -2.38. The summed E-state index contributed by atoms with van der Waals surface area (Å²) in [5, 5.41) is 0. The van der Waals surface area contributed by atoms with Crippen molar-refractivity contribution >= 4 is 0 Å². The maximum atomic E-state index is 5.95. The number of ether oxygens (including phenoxy) is 2. The number of hydrogen-bond acceptors (Lipinski definition) is 2. The third-order valence-corrected chi connectivity index (χ3v) is 5.29. The van der Waals surface area contributed by atoms with Crippen molar-refractivity contribution in [1.29, 1.82) is 0 Å². The summed E-state index contributed by atoms with van der Waals surface area (Å²) < 4.78 is 11.5. The molecule has 0 radical (unpaired) electrons. The SMILES string of the molecule is C=C1C2CCCCC2CC2C(OC)OC(C)C12.CC. The maximum Gasteiger partial charge on any atom is 0.161 e. The Morgan fingerprint density at radius 2 is 1.89 bits per heavy atom. The van der Waals surface area contributed by atoms with E-state index in [0.29, 0.717) is 17.9 Å². The molecule has 1 saturated heterocycles. The Morgan fingerprint density at radius 3 is 2.58 bits per heavy atom. The highest BCUT2D eigenvalue weighted by atomic mass is 16.7. The molecular weight excluding hydrogens is 236 g/mol. The van der Waals surface area contributed by atoms with Gasteiger partial charge in [-0.1, -0.05) is 38.8 Å². The molecule has 6 atom stereocenters. The van der Waals surface area contributed by atoms with Gasteiger partial charge in [0.2, 0.25) is 0 Å². The molecule has 2 aliphatic carbocycles. The molecule has 3 aliphatic rings. The van der Waals surface area contributed by atoms with Gasteiger partial charge in [-0.05, 0) is 38.0 Å². The fourth-order valence-electron chi connectivity index (χ4n) is 4.55. The van der Waals surface area contributed by atoms with Crippen LogP contribution in [0, 0.1) is 23.7 Å². The van der Waals surface area contributed by atoms with Crippen LogP contribution >= 0.6 is 0 Å². The fraction of sp³-hybridized carbons (Fsp3) is 0.882. The highest BCUT2D eigenvalue weighted by Crippen LogP contribution is 2.53. The first-order valence-corrected chi connectivity index (χ1v) is 8.09. The Balaban J connectivity index is 0.000000637. The number of hydrogen-bond donors (Lipinski definition) is 0. The molecule has 1 heterocycles. The molecule has 2 saturated carbocycles. The van der Waals surface area contributed by atoms with Crippen LogP contribution in [0.15, 0.2) is 12.2 Å². The van der Waals surface area contributed by atoms with Crippen LogP contribution in [0.4, 0.5) is 0 Å². The predicted molar refractivity (Wildman–Crippen MR) is 78.9 cm³/mol. The van der Waals surface area contributed by atoms with Gasteiger partial charge < -0.3 is 9.47 Å². The number of rotatable bonds is 1. The van der Waals surface area contributed by atoms with Crippen LogP contribution in [0.5, 0.6) is 0 Å². The van der Waals surface area contributed by atoms with E-state index in [4.69, 9.17) is 9.47 Å². The normalized spacial score (nSPS) is 44.9. The standard InChI is InChI=1S/C15H24O2.C2H6/c1-9-12-7-5-4-6-11(12)8-13-14(9)10(2)17-15(13)16-3;1-2/h10-15H,1,4-8H2,2-3H3;1-2H3. The van der Waals surface area contributed by atoms with Crippen molar-refractivity contribution in [3.63, 3.8) is 0 Å². The van der Waals surface area contributed by atoms with Crippen LogP contribution < -0.4 is 0 Å². The van der Waals surface area contributed by atoms with Gasteiger partial charge in [0.1, 0.15) is 0 Å². The lowest BCUT2D eigenvalue weighted by molar-refractivity contribution is -0.131. The van der Waals surface area contributed by atoms with Gasteiger partial charge in [-0.15, -0.1) is 0 Å². The van der Waals surface area contributed by atoms with E-state index in [1.165, 1.54) is 37.7 Å². The van der Waals surface area contributed by atoms with Crippen molar-refractivity contribution in [3.8, 4) is 0 Å². The highest BCUT2D eigenvalue weighted by molar-refractivity contribution is 5.18. The van der Waals surface area contributed by atoms with E-state index in [1.54, 1.807) is 7.11 Å². The minimum Gasteiger partial charge on any atom is -0.356 e. The molecule has 0 aromatic heterocycles. The average Bonchev–Trinajstić information content (AvgIpc) is 2.78. The molecule has 0 aromatic rings. The Kier molecular flexibility index (Phi) is 5.08. The zero-order valence-corrected chi connectivity index (χ0v) is 13.0. The lowest BCUT2D eigenvalue weighted by atomic mass is 9.61. The third-order valence-electron chi connectivity index (χ3n) is 5.29. The molecule has 2 nitrogen and oxygen atoms in total. The third kappa shape index (κ3) is 2.62. The van der Waals surface area contributed by atoms with E-state index in [9.17, 15) is 0 Å². The van der Waals surface area contributed by atoms with E-state index < -0.39 is 0 Å². The molecule has 2 heteroatoms. The topological polar surface area (TPSA) is 18.5 Å². The zero-order chi connectivity index (χ0) is 14.0. The largest absolute Gasteiger partial charge is 0.356 e.